The number of halogens is 1. The SMILES string of the molecule is CS(=O)(=O)N[C@H]1CC(=O)N(c2ccc(F)cc2)C1. The Bertz CT molecular complexity index is 556. The van der Waals surface area contributed by atoms with E-state index in [9.17, 15) is 17.6 Å². The van der Waals surface area contributed by atoms with Crippen molar-refractivity contribution < 1.29 is 17.6 Å². The topological polar surface area (TPSA) is 66.5 Å². The predicted molar refractivity (Wildman–Crippen MR) is 65.1 cm³/mol. The second-order valence-electron chi connectivity index (χ2n) is 4.27. The number of hydrogen-bond donors (Lipinski definition) is 1. The molecule has 5 nitrogen and oxygen atoms in total. The molecule has 0 spiro atoms. The van der Waals surface area contributed by atoms with Gasteiger partial charge in [0.1, 0.15) is 5.82 Å². The minimum Gasteiger partial charge on any atom is -0.311 e. The molecule has 1 amide bonds. The predicted octanol–water partition coefficient (Wildman–Crippen LogP) is 0.480. The molecule has 18 heavy (non-hydrogen) atoms. The van der Waals surface area contributed by atoms with Crippen molar-refractivity contribution in [2.24, 2.45) is 0 Å². The van der Waals surface area contributed by atoms with Crippen LogP contribution in [0.25, 0.3) is 0 Å². The summed E-state index contributed by atoms with van der Waals surface area (Å²) in [5.41, 5.74) is 0.569. The van der Waals surface area contributed by atoms with Gasteiger partial charge in [-0.15, -0.1) is 0 Å². The van der Waals surface area contributed by atoms with E-state index >= 15 is 0 Å². The third-order valence-corrected chi connectivity index (χ3v) is 3.41. The van der Waals surface area contributed by atoms with Crippen LogP contribution in [0.2, 0.25) is 0 Å². The Morgan fingerprint density at radius 1 is 1.33 bits per heavy atom. The summed E-state index contributed by atoms with van der Waals surface area (Å²) in [6, 6.07) is 5.09. The Hall–Kier alpha value is -1.47. The lowest BCUT2D eigenvalue weighted by Gasteiger charge is -2.16. The summed E-state index contributed by atoms with van der Waals surface area (Å²) in [7, 11) is -3.33. The number of hydrogen-bond acceptors (Lipinski definition) is 3. The summed E-state index contributed by atoms with van der Waals surface area (Å²) in [6.07, 6.45) is 1.17. The van der Waals surface area contributed by atoms with Gasteiger partial charge < -0.3 is 4.90 Å². The van der Waals surface area contributed by atoms with Gasteiger partial charge in [0.05, 0.1) is 6.26 Å². The maximum Gasteiger partial charge on any atom is 0.228 e. The average Bonchev–Trinajstić information content (AvgIpc) is 2.58. The summed E-state index contributed by atoms with van der Waals surface area (Å²) in [6.45, 7) is 0.261. The molecule has 1 fully saturated rings. The molecule has 1 aromatic rings. The number of nitrogens with one attached hydrogen (secondary N) is 1. The fourth-order valence-electron chi connectivity index (χ4n) is 1.96. The van der Waals surface area contributed by atoms with Crippen LogP contribution < -0.4 is 9.62 Å². The second kappa shape index (κ2) is 4.66. The molecule has 0 unspecified atom stereocenters. The van der Waals surface area contributed by atoms with Gasteiger partial charge in [0, 0.05) is 24.7 Å². The molecule has 0 aromatic heterocycles. The number of carbonyl (C=O) groups excluding carboxylic acids is 1. The summed E-state index contributed by atoms with van der Waals surface area (Å²) < 4.78 is 37.4. The van der Waals surface area contributed by atoms with Crippen molar-refractivity contribution in [3.8, 4) is 0 Å². The first kappa shape index (κ1) is 13.0. The zero-order valence-corrected chi connectivity index (χ0v) is 10.6. The van der Waals surface area contributed by atoms with Crippen molar-refractivity contribution in [2.45, 2.75) is 12.5 Å². The van der Waals surface area contributed by atoms with E-state index in [1.807, 2.05) is 0 Å². The van der Waals surface area contributed by atoms with E-state index < -0.39 is 16.1 Å². The van der Waals surface area contributed by atoms with Crippen molar-refractivity contribution >= 4 is 21.6 Å². The van der Waals surface area contributed by atoms with Crippen LogP contribution in [0.1, 0.15) is 6.42 Å². The number of benzene rings is 1. The lowest BCUT2D eigenvalue weighted by molar-refractivity contribution is -0.117. The maximum absolute atomic E-state index is 12.8. The fraction of sp³-hybridized carbons (Fsp3) is 0.364. The third-order valence-electron chi connectivity index (χ3n) is 2.64. The largest absolute Gasteiger partial charge is 0.311 e. The van der Waals surface area contributed by atoms with Crippen LogP contribution in [0, 0.1) is 5.82 Å². The van der Waals surface area contributed by atoms with Gasteiger partial charge in [-0.05, 0) is 24.3 Å². The Morgan fingerprint density at radius 2 is 1.94 bits per heavy atom. The third kappa shape index (κ3) is 3.05. The summed E-state index contributed by atoms with van der Waals surface area (Å²) >= 11 is 0. The Labute approximate surface area is 105 Å². The number of rotatable bonds is 3. The van der Waals surface area contributed by atoms with Crippen molar-refractivity contribution in [1.82, 2.24) is 4.72 Å². The van der Waals surface area contributed by atoms with Crippen molar-refractivity contribution in [3.63, 3.8) is 0 Å². The fourth-order valence-corrected chi connectivity index (χ4v) is 2.72. The highest BCUT2D eigenvalue weighted by Gasteiger charge is 2.32. The molecule has 0 aliphatic carbocycles. The van der Waals surface area contributed by atoms with Gasteiger partial charge in [0.25, 0.3) is 0 Å². The number of amides is 1. The quantitative estimate of drug-likeness (QED) is 0.870. The number of nitrogens with zero attached hydrogens (tertiary/aromatic N) is 1. The lowest BCUT2D eigenvalue weighted by atomic mass is 10.3. The first-order valence-corrected chi connectivity index (χ1v) is 7.27. The molecule has 2 rings (SSSR count). The molecule has 1 aliphatic rings. The molecule has 0 bridgehead atoms. The van der Waals surface area contributed by atoms with Crippen molar-refractivity contribution in [1.29, 1.82) is 0 Å². The molecule has 98 valence electrons. The van der Waals surface area contributed by atoms with E-state index in [2.05, 4.69) is 4.72 Å². The standard InChI is InChI=1S/C11H13FN2O3S/c1-18(16,17)13-9-6-11(15)14(7-9)10-4-2-8(12)3-5-10/h2-5,9,13H,6-7H2,1H3/t9-/m0/s1. The van der Waals surface area contributed by atoms with E-state index in [-0.39, 0.29) is 24.7 Å². The molecule has 1 heterocycles. The molecule has 1 saturated heterocycles. The van der Waals surface area contributed by atoms with Crippen molar-refractivity contribution in [2.75, 3.05) is 17.7 Å². The normalized spacial score (nSPS) is 20.4. The Kier molecular flexibility index (Phi) is 3.36. The Balaban J connectivity index is 2.12. The highest BCUT2D eigenvalue weighted by molar-refractivity contribution is 7.88. The van der Waals surface area contributed by atoms with E-state index in [1.54, 1.807) is 0 Å². The first-order chi connectivity index (χ1) is 8.35. The maximum atomic E-state index is 12.8. The molecule has 1 aliphatic heterocycles. The smallest absolute Gasteiger partial charge is 0.228 e. The van der Waals surface area contributed by atoms with Crippen molar-refractivity contribution in [3.05, 3.63) is 30.1 Å². The minimum atomic E-state index is -3.33. The molecule has 1 N–H and O–H groups in total. The molecular formula is C11H13FN2O3S. The summed E-state index contributed by atoms with van der Waals surface area (Å²) in [5, 5.41) is 0. The molecular weight excluding hydrogens is 259 g/mol. The minimum absolute atomic E-state index is 0.116. The first-order valence-electron chi connectivity index (χ1n) is 5.38. The van der Waals surface area contributed by atoms with E-state index in [0.717, 1.165) is 6.26 Å². The molecule has 0 radical (unpaired) electrons. The Morgan fingerprint density at radius 3 is 2.50 bits per heavy atom. The van der Waals surface area contributed by atoms with Crippen LogP contribution in [0.3, 0.4) is 0 Å². The molecule has 1 aromatic carbocycles. The average molecular weight is 272 g/mol. The van der Waals surface area contributed by atoms with Gasteiger partial charge >= 0.3 is 0 Å². The summed E-state index contributed by atoms with van der Waals surface area (Å²) in [4.78, 5) is 13.2. The van der Waals surface area contributed by atoms with Crippen LogP contribution in [0.4, 0.5) is 10.1 Å². The number of anilines is 1. The van der Waals surface area contributed by atoms with Crippen LogP contribution in [0.15, 0.2) is 24.3 Å². The summed E-state index contributed by atoms with van der Waals surface area (Å²) in [5.74, 6) is -0.557. The zero-order valence-electron chi connectivity index (χ0n) is 9.76. The second-order valence-corrected chi connectivity index (χ2v) is 6.05. The number of sulfonamides is 1. The van der Waals surface area contributed by atoms with Gasteiger partial charge in [0.15, 0.2) is 0 Å². The van der Waals surface area contributed by atoms with E-state index in [4.69, 9.17) is 0 Å². The highest BCUT2D eigenvalue weighted by atomic mass is 32.2. The lowest BCUT2D eigenvalue weighted by Crippen LogP contribution is -2.36. The zero-order chi connectivity index (χ0) is 13.3. The molecule has 7 heteroatoms. The van der Waals surface area contributed by atoms with E-state index in [1.165, 1.54) is 29.2 Å². The monoisotopic (exact) mass is 272 g/mol. The highest BCUT2D eigenvalue weighted by Crippen LogP contribution is 2.21. The molecule has 0 saturated carbocycles. The van der Waals surface area contributed by atoms with Crippen LogP contribution in [0.5, 0.6) is 0 Å². The van der Waals surface area contributed by atoms with E-state index in [0.29, 0.717) is 5.69 Å². The van der Waals surface area contributed by atoms with Gasteiger partial charge in [-0.2, -0.15) is 0 Å². The van der Waals surface area contributed by atoms with Gasteiger partial charge in [0.2, 0.25) is 15.9 Å². The number of carbonyl (C=O) groups is 1. The van der Waals surface area contributed by atoms with Crippen LogP contribution in [-0.2, 0) is 14.8 Å². The van der Waals surface area contributed by atoms with Crippen LogP contribution in [-0.4, -0.2) is 33.2 Å². The van der Waals surface area contributed by atoms with Crippen LogP contribution >= 0.6 is 0 Å². The van der Waals surface area contributed by atoms with Gasteiger partial charge in [-0.25, -0.2) is 17.5 Å². The van der Waals surface area contributed by atoms with Gasteiger partial charge in [-0.3, -0.25) is 4.79 Å². The molecule has 1 atom stereocenters. The van der Waals surface area contributed by atoms with Gasteiger partial charge in [-0.1, -0.05) is 0 Å².